The zero-order valence-electron chi connectivity index (χ0n) is 9.78. The fraction of sp³-hybridized carbons (Fsp3) is 0.0667. The third-order valence-corrected chi connectivity index (χ3v) is 1.65. The molecule has 0 saturated carbocycles. The zero-order valence-corrected chi connectivity index (χ0v) is 9.78. The first-order valence-corrected chi connectivity index (χ1v) is 4.86. The summed E-state index contributed by atoms with van der Waals surface area (Å²) in [5, 5.41) is 9.56. The van der Waals surface area contributed by atoms with Gasteiger partial charge in [-0.3, -0.25) is 0 Å². The maximum atomic E-state index is 9.56. The summed E-state index contributed by atoms with van der Waals surface area (Å²) in [6.45, 7) is 3.30. The maximum Gasteiger partial charge on any atom is 0.342 e. The SMILES string of the molecule is C=C=C=C=C=C=C=C=C=C=C(O)n1cc[n+](C)c1. The summed E-state index contributed by atoms with van der Waals surface area (Å²) in [5.74, 6) is -0.0982. The Kier molecular flexibility index (Phi) is 5.07. The van der Waals surface area contributed by atoms with E-state index in [0.717, 1.165) is 0 Å². The first kappa shape index (κ1) is 12.8. The number of hydrogen-bond acceptors (Lipinski definition) is 1. The van der Waals surface area contributed by atoms with E-state index in [1.807, 2.05) is 7.05 Å². The van der Waals surface area contributed by atoms with Crippen LogP contribution in [-0.2, 0) is 7.05 Å². The minimum Gasteiger partial charge on any atom is -0.471 e. The number of hydrogen-bond donors (Lipinski definition) is 1. The quantitative estimate of drug-likeness (QED) is 0.446. The Bertz CT molecular complexity index is 784. The highest BCUT2D eigenvalue weighted by molar-refractivity contribution is 5.31. The molecule has 18 heavy (non-hydrogen) atoms. The van der Waals surface area contributed by atoms with E-state index in [1.165, 1.54) is 4.57 Å². The monoisotopic (exact) mass is 233 g/mol. The van der Waals surface area contributed by atoms with Gasteiger partial charge in [0.1, 0.15) is 12.4 Å². The third kappa shape index (κ3) is 4.53. The first-order valence-electron chi connectivity index (χ1n) is 4.86. The van der Waals surface area contributed by atoms with Crippen molar-refractivity contribution in [3.05, 3.63) is 76.9 Å². The average Bonchev–Trinajstić information content (AvgIpc) is 2.79. The van der Waals surface area contributed by atoms with Crippen LogP contribution in [0.2, 0.25) is 0 Å². The number of aliphatic hydroxyl groups excluding tert-OH is 1. The highest BCUT2D eigenvalue weighted by Gasteiger charge is 2.02. The average molecular weight is 233 g/mol. The number of aromatic nitrogens is 2. The van der Waals surface area contributed by atoms with E-state index in [9.17, 15) is 5.11 Å². The minimum atomic E-state index is -0.0982. The molecular formula is C15H9N2O+. The van der Waals surface area contributed by atoms with E-state index in [-0.39, 0.29) is 5.88 Å². The van der Waals surface area contributed by atoms with Crippen molar-refractivity contribution in [2.24, 2.45) is 7.05 Å². The van der Waals surface area contributed by atoms with Gasteiger partial charge in [-0.2, -0.15) is 4.57 Å². The molecule has 0 aromatic carbocycles. The molecule has 84 valence electrons. The molecular weight excluding hydrogens is 224 g/mol. The highest BCUT2D eigenvalue weighted by Crippen LogP contribution is 1.93. The van der Waals surface area contributed by atoms with Crippen LogP contribution in [0.5, 0.6) is 0 Å². The molecule has 0 atom stereocenters. The van der Waals surface area contributed by atoms with Crippen molar-refractivity contribution in [2.75, 3.05) is 0 Å². The second-order valence-corrected chi connectivity index (χ2v) is 2.99. The van der Waals surface area contributed by atoms with Crippen LogP contribution in [0.25, 0.3) is 5.88 Å². The van der Waals surface area contributed by atoms with Crippen molar-refractivity contribution in [3.8, 4) is 0 Å². The van der Waals surface area contributed by atoms with Crippen LogP contribution >= 0.6 is 0 Å². The fourth-order valence-corrected chi connectivity index (χ4v) is 0.928. The van der Waals surface area contributed by atoms with Crippen LogP contribution < -0.4 is 4.57 Å². The number of aryl methyl sites for hydroxylation is 1. The van der Waals surface area contributed by atoms with Crippen molar-refractivity contribution in [3.63, 3.8) is 0 Å². The molecule has 0 amide bonds. The molecule has 0 saturated heterocycles. The summed E-state index contributed by atoms with van der Waals surface area (Å²) in [7, 11) is 1.84. The highest BCUT2D eigenvalue weighted by atomic mass is 16.3. The molecule has 1 rings (SSSR count). The Morgan fingerprint density at radius 3 is 2.28 bits per heavy atom. The number of aliphatic hydroxyl groups is 1. The molecule has 0 spiro atoms. The van der Waals surface area contributed by atoms with E-state index in [4.69, 9.17) is 0 Å². The largest absolute Gasteiger partial charge is 0.471 e. The summed E-state index contributed by atoms with van der Waals surface area (Å²) >= 11 is 0. The Morgan fingerprint density at radius 1 is 1.11 bits per heavy atom. The van der Waals surface area contributed by atoms with Crippen LogP contribution in [0.3, 0.4) is 0 Å². The lowest BCUT2D eigenvalue weighted by atomic mass is 10.6. The lowest BCUT2D eigenvalue weighted by molar-refractivity contribution is -0.670. The number of rotatable bonds is 1. The Labute approximate surface area is 105 Å². The van der Waals surface area contributed by atoms with Gasteiger partial charge in [0.15, 0.2) is 0 Å². The van der Waals surface area contributed by atoms with Crippen molar-refractivity contribution >= 4 is 5.88 Å². The van der Waals surface area contributed by atoms with Gasteiger partial charge in [0.2, 0.25) is 0 Å². The lowest BCUT2D eigenvalue weighted by Crippen LogP contribution is -2.23. The van der Waals surface area contributed by atoms with Crippen LogP contribution in [0.4, 0.5) is 0 Å². The summed E-state index contributed by atoms with van der Waals surface area (Å²) < 4.78 is 3.26. The zero-order chi connectivity index (χ0) is 13.2. The van der Waals surface area contributed by atoms with Crippen LogP contribution in [0.1, 0.15) is 0 Å². The third-order valence-electron chi connectivity index (χ3n) is 1.65. The Hall–Kier alpha value is -3.23. The molecule has 3 heteroatoms. The minimum absolute atomic E-state index is 0.0982. The molecule has 0 aliphatic rings. The van der Waals surface area contributed by atoms with Gasteiger partial charge in [0.05, 0.1) is 7.05 Å². The van der Waals surface area contributed by atoms with E-state index in [0.29, 0.717) is 0 Å². The standard InChI is InChI=1S/C15H8N2O/c1-3-4-5-6-7-8-9-10-11-15(18)17-13-12-16(2)14-17/h12-14H,1H2,2H3/p+1. The Balaban J connectivity index is 3.21. The second kappa shape index (κ2) is 7.11. The molecule has 0 fully saturated rings. The molecule has 0 radical (unpaired) electrons. The van der Waals surface area contributed by atoms with E-state index >= 15 is 0 Å². The molecule has 0 aliphatic heterocycles. The lowest BCUT2D eigenvalue weighted by Gasteiger charge is -1.84. The topological polar surface area (TPSA) is 29.0 Å². The van der Waals surface area contributed by atoms with Gasteiger partial charge in [-0.1, -0.05) is 5.73 Å². The van der Waals surface area contributed by atoms with Crippen molar-refractivity contribution in [2.45, 2.75) is 0 Å². The van der Waals surface area contributed by atoms with Gasteiger partial charge in [0, 0.05) is 5.73 Å². The predicted octanol–water partition coefficient (Wildman–Crippen LogP) is 1.69. The van der Waals surface area contributed by atoms with Gasteiger partial charge in [0.25, 0.3) is 6.33 Å². The number of imidazole rings is 1. The molecule has 1 aromatic heterocycles. The smallest absolute Gasteiger partial charge is 0.342 e. The van der Waals surface area contributed by atoms with Crippen molar-refractivity contribution in [1.29, 1.82) is 0 Å². The van der Waals surface area contributed by atoms with E-state index in [2.05, 4.69) is 58.2 Å². The maximum absolute atomic E-state index is 9.56. The molecule has 0 bridgehead atoms. The van der Waals surface area contributed by atoms with E-state index in [1.54, 1.807) is 23.3 Å². The van der Waals surface area contributed by atoms with E-state index < -0.39 is 0 Å². The van der Waals surface area contributed by atoms with Crippen LogP contribution in [0.15, 0.2) is 76.9 Å². The second-order valence-electron chi connectivity index (χ2n) is 2.99. The molecule has 1 N–H and O–H groups in total. The van der Waals surface area contributed by atoms with Crippen molar-refractivity contribution < 1.29 is 9.67 Å². The fourth-order valence-electron chi connectivity index (χ4n) is 0.928. The molecule has 0 unspecified atom stereocenters. The van der Waals surface area contributed by atoms with Gasteiger partial charge in [-0.25, -0.2) is 4.57 Å². The number of nitrogens with zero attached hydrogens (tertiary/aromatic N) is 2. The molecule has 0 aliphatic carbocycles. The summed E-state index contributed by atoms with van der Waals surface area (Å²) in [6, 6.07) is 0. The predicted molar refractivity (Wildman–Crippen MR) is 65.2 cm³/mol. The van der Waals surface area contributed by atoms with Gasteiger partial charge in [-0.15, -0.1) is 0 Å². The molecule has 3 nitrogen and oxygen atoms in total. The van der Waals surface area contributed by atoms with Gasteiger partial charge in [-0.05, 0) is 46.7 Å². The Morgan fingerprint density at radius 2 is 1.72 bits per heavy atom. The van der Waals surface area contributed by atoms with Gasteiger partial charge < -0.3 is 5.11 Å². The normalized spacial score (nSPS) is 6.72. The summed E-state index contributed by atoms with van der Waals surface area (Å²) in [4.78, 5) is 0. The summed E-state index contributed by atoms with van der Waals surface area (Å²) in [5.41, 5.74) is 22.2. The van der Waals surface area contributed by atoms with Crippen molar-refractivity contribution in [1.82, 2.24) is 4.57 Å². The van der Waals surface area contributed by atoms with Gasteiger partial charge >= 0.3 is 5.88 Å². The van der Waals surface area contributed by atoms with Crippen LogP contribution in [0, 0.1) is 0 Å². The summed E-state index contributed by atoms with van der Waals surface area (Å²) in [6.07, 6.45) is 5.14. The first-order chi connectivity index (χ1) is 8.74. The van der Waals surface area contributed by atoms with Crippen LogP contribution in [-0.4, -0.2) is 9.67 Å². The molecule has 1 aromatic rings. The molecule has 1 heterocycles.